The average Bonchev–Trinajstić information content (AvgIpc) is 2.69. The second-order valence-electron chi connectivity index (χ2n) is 4.37. The summed E-state index contributed by atoms with van der Waals surface area (Å²) in [4.78, 5) is 12.4. The quantitative estimate of drug-likeness (QED) is 0.795. The highest BCUT2D eigenvalue weighted by Crippen LogP contribution is 2.26. The van der Waals surface area contributed by atoms with Crippen molar-refractivity contribution in [2.75, 3.05) is 5.75 Å². The highest BCUT2D eigenvalue weighted by Gasteiger charge is 2.37. The summed E-state index contributed by atoms with van der Waals surface area (Å²) >= 11 is 5.93. The number of ketones is 1. The Morgan fingerprint density at radius 2 is 2.28 bits per heavy atom. The fourth-order valence-corrected chi connectivity index (χ4v) is 4.34. The van der Waals surface area contributed by atoms with Crippen LogP contribution in [0, 0.1) is 0 Å². The highest BCUT2D eigenvalue weighted by atomic mass is 35.5. The normalized spacial score (nSPS) is 22.9. The lowest BCUT2D eigenvalue weighted by Crippen LogP contribution is -2.36. The van der Waals surface area contributed by atoms with Crippen LogP contribution in [0.1, 0.15) is 36.7 Å². The van der Waals surface area contributed by atoms with Crippen LogP contribution in [0.3, 0.4) is 0 Å². The largest absolute Gasteiger partial charge is 0.291 e. The van der Waals surface area contributed by atoms with Gasteiger partial charge in [-0.05, 0) is 19.8 Å². The number of halogens is 1. The molecule has 0 aromatic carbocycles. The summed E-state index contributed by atoms with van der Waals surface area (Å²) in [5, 5.41) is 3.24. The van der Waals surface area contributed by atoms with Gasteiger partial charge in [0.2, 0.25) is 0 Å². The first-order chi connectivity index (χ1) is 8.47. The third-order valence-corrected chi connectivity index (χ3v) is 5.65. The molecule has 0 aliphatic carbocycles. The Balaban J connectivity index is 2.39. The Morgan fingerprint density at radius 3 is 2.89 bits per heavy atom. The van der Waals surface area contributed by atoms with Crippen LogP contribution in [0.4, 0.5) is 0 Å². The molecule has 1 unspecified atom stereocenters. The van der Waals surface area contributed by atoms with Crippen molar-refractivity contribution in [3.05, 3.63) is 16.9 Å². The van der Waals surface area contributed by atoms with E-state index in [2.05, 4.69) is 5.10 Å². The molecule has 1 aromatic heterocycles. The molecule has 1 aliphatic heterocycles. The smallest absolute Gasteiger partial charge is 0.200 e. The number of hydrogen-bond acceptors (Lipinski definition) is 4. The SMILES string of the molecule is CCn1ncc(Cl)c1C(=O)C1CCCCS1(=O)=O. The first kappa shape index (κ1) is 13.5. The molecule has 1 fully saturated rings. The van der Waals surface area contributed by atoms with Crippen molar-refractivity contribution in [2.24, 2.45) is 0 Å². The number of aryl methyl sites for hydroxylation is 1. The van der Waals surface area contributed by atoms with Gasteiger partial charge < -0.3 is 0 Å². The van der Waals surface area contributed by atoms with Crippen LogP contribution in [0.15, 0.2) is 6.20 Å². The lowest BCUT2D eigenvalue weighted by atomic mass is 10.1. The number of aromatic nitrogens is 2. The van der Waals surface area contributed by atoms with Gasteiger partial charge >= 0.3 is 0 Å². The van der Waals surface area contributed by atoms with E-state index < -0.39 is 20.9 Å². The van der Waals surface area contributed by atoms with E-state index in [-0.39, 0.29) is 16.5 Å². The lowest BCUT2D eigenvalue weighted by Gasteiger charge is -2.21. The maximum atomic E-state index is 12.4. The van der Waals surface area contributed by atoms with E-state index in [1.165, 1.54) is 10.9 Å². The van der Waals surface area contributed by atoms with Crippen LogP contribution in [0.5, 0.6) is 0 Å². The Hall–Kier alpha value is -0.880. The summed E-state index contributed by atoms with van der Waals surface area (Å²) in [6.45, 7) is 2.32. The molecule has 7 heteroatoms. The maximum Gasteiger partial charge on any atom is 0.200 e. The molecule has 1 aliphatic rings. The van der Waals surface area contributed by atoms with E-state index in [9.17, 15) is 13.2 Å². The zero-order chi connectivity index (χ0) is 13.3. The second-order valence-corrected chi connectivity index (χ2v) is 7.08. The van der Waals surface area contributed by atoms with Crippen LogP contribution < -0.4 is 0 Å². The topological polar surface area (TPSA) is 69.0 Å². The van der Waals surface area contributed by atoms with E-state index in [4.69, 9.17) is 11.6 Å². The molecule has 1 atom stereocenters. The van der Waals surface area contributed by atoms with Gasteiger partial charge in [0, 0.05) is 6.54 Å². The summed E-state index contributed by atoms with van der Waals surface area (Å²) in [7, 11) is -3.34. The molecule has 1 saturated heterocycles. The number of sulfone groups is 1. The first-order valence-corrected chi connectivity index (χ1v) is 8.03. The van der Waals surface area contributed by atoms with Crippen molar-refractivity contribution in [3.63, 3.8) is 0 Å². The van der Waals surface area contributed by atoms with Crippen LogP contribution >= 0.6 is 11.6 Å². The van der Waals surface area contributed by atoms with E-state index in [0.717, 1.165) is 6.42 Å². The summed E-state index contributed by atoms with van der Waals surface area (Å²) < 4.78 is 25.3. The molecular formula is C11H15ClN2O3S. The van der Waals surface area contributed by atoms with Gasteiger partial charge in [0.15, 0.2) is 15.6 Å². The van der Waals surface area contributed by atoms with Gasteiger partial charge in [-0.2, -0.15) is 5.10 Å². The van der Waals surface area contributed by atoms with E-state index in [1.54, 1.807) is 0 Å². The van der Waals surface area contributed by atoms with Crippen molar-refractivity contribution in [1.29, 1.82) is 0 Å². The first-order valence-electron chi connectivity index (χ1n) is 5.94. The molecule has 2 heterocycles. The molecule has 0 bridgehead atoms. The summed E-state index contributed by atoms with van der Waals surface area (Å²) in [5.74, 6) is -0.333. The monoisotopic (exact) mass is 290 g/mol. The van der Waals surface area contributed by atoms with Crippen LogP contribution in [0.2, 0.25) is 5.02 Å². The predicted octanol–water partition coefficient (Wildman–Crippen LogP) is 1.71. The molecular weight excluding hydrogens is 276 g/mol. The molecule has 0 amide bonds. The fourth-order valence-electron chi connectivity index (χ4n) is 2.25. The standard InChI is InChI=1S/C11H15ClN2O3S/c1-2-14-10(8(12)7-13-14)11(15)9-5-3-4-6-18(9,16)17/h7,9H,2-6H2,1H3. The number of hydrogen-bond donors (Lipinski definition) is 0. The van der Waals surface area contributed by atoms with Gasteiger partial charge in [0.25, 0.3) is 0 Å². The molecule has 0 radical (unpaired) electrons. The fraction of sp³-hybridized carbons (Fsp3) is 0.636. The van der Waals surface area contributed by atoms with Crippen LogP contribution in [-0.4, -0.2) is 35.0 Å². The molecule has 18 heavy (non-hydrogen) atoms. The summed E-state index contributed by atoms with van der Waals surface area (Å²) in [5.41, 5.74) is 0.217. The van der Waals surface area contributed by atoms with Gasteiger partial charge in [0.05, 0.1) is 17.0 Å². The van der Waals surface area contributed by atoms with E-state index in [1.807, 2.05) is 6.92 Å². The zero-order valence-electron chi connectivity index (χ0n) is 10.1. The lowest BCUT2D eigenvalue weighted by molar-refractivity contribution is 0.0971. The third kappa shape index (κ3) is 2.31. The minimum atomic E-state index is -3.34. The molecule has 0 N–H and O–H groups in total. The van der Waals surface area contributed by atoms with Crippen LogP contribution in [0.25, 0.3) is 0 Å². The van der Waals surface area contributed by atoms with Gasteiger partial charge in [-0.15, -0.1) is 0 Å². The summed E-state index contributed by atoms with van der Waals surface area (Å²) in [6.07, 6.45) is 3.15. The molecule has 5 nitrogen and oxygen atoms in total. The van der Waals surface area contributed by atoms with Crippen molar-refractivity contribution < 1.29 is 13.2 Å². The molecule has 0 saturated carbocycles. The predicted molar refractivity (Wildman–Crippen MR) is 68.7 cm³/mol. The Labute approximate surface area is 111 Å². The van der Waals surface area contributed by atoms with Gasteiger partial charge in [-0.1, -0.05) is 18.0 Å². The minimum Gasteiger partial charge on any atom is -0.291 e. The number of carbonyl (C=O) groups is 1. The number of carbonyl (C=O) groups excluding carboxylic acids is 1. The van der Waals surface area contributed by atoms with E-state index >= 15 is 0 Å². The van der Waals surface area contributed by atoms with Gasteiger partial charge in [0.1, 0.15) is 10.9 Å². The molecule has 0 spiro atoms. The molecule has 1 aromatic rings. The molecule has 2 rings (SSSR count). The number of Topliss-reactive ketones (excluding diaryl/α,β-unsaturated/α-hetero) is 1. The zero-order valence-corrected chi connectivity index (χ0v) is 11.7. The second kappa shape index (κ2) is 5.01. The van der Waals surface area contributed by atoms with Crippen molar-refractivity contribution in [3.8, 4) is 0 Å². The van der Waals surface area contributed by atoms with Gasteiger partial charge in [-0.3, -0.25) is 9.48 Å². The van der Waals surface area contributed by atoms with Crippen molar-refractivity contribution >= 4 is 27.2 Å². The summed E-state index contributed by atoms with van der Waals surface area (Å²) in [6, 6.07) is 0. The van der Waals surface area contributed by atoms with E-state index in [0.29, 0.717) is 19.4 Å². The third-order valence-electron chi connectivity index (χ3n) is 3.20. The average molecular weight is 291 g/mol. The maximum absolute atomic E-state index is 12.4. The Morgan fingerprint density at radius 1 is 1.56 bits per heavy atom. The number of rotatable bonds is 3. The Kier molecular flexibility index (Phi) is 3.77. The van der Waals surface area contributed by atoms with Crippen molar-refractivity contribution in [1.82, 2.24) is 9.78 Å². The molecule has 100 valence electrons. The van der Waals surface area contributed by atoms with Crippen molar-refractivity contribution in [2.45, 2.75) is 38.0 Å². The number of nitrogens with zero attached hydrogens (tertiary/aromatic N) is 2. The minimum absolute atomic E-state index is 0.0846. The Bertz CT molecular complexity index is 565. The highest BCUT2D eigenvalue weighted by molar-refractivity contribution is 7.92. The van der Waals surface area contributed by atoms with Crippen LogP contribution in [-0.2, 0) is 16.4 Å². The van der Waals surface area contributed by atoms with Gasteiger partial charge in [-0.25, -0.2) is 8.42 Å².